The van der Waals surface area contributed by atoms with E-state index in [1.165, 1.54) is 5.56 Å². The van der Waals surface area contributed by atoms with Crippen LogP contribution in [-0.4, -0.2) is 6.03 Å². The maximum atomic E-state index is 10.8. The van der Waals surface area contributed by atoms with E-state index in [0.29, 0.717) is 0 Å². The van der Waals surface area contributed by atoms with E-state index in [1.807, 2.05) is 49.4 Å². The Bertz CT molecular complexity index is 520. The van der Waals surface area contributed by atoms with Crippen LogP contribution in [0, 0.1) is 0 Å². The normalized spacial score (nSPS) is 11.8. The Balaban J connectivity index is 2.18. The highest BCUT2D eigenvalue weighted by atomic mass is 16.2. The Hall–Kier alpha value is -2.29. The lowest BCUT2D eigenvalue weighted by Crippen LogP contribution is -2.31. The maximum Gasteiger partial charge on any atom is 0.312 e. The minimum absolute atomic E-state index is 0.0766. The molecule has 92 valence electrons. The third-order valence-corrected chi connectivity index (χ3v) is 2.88. The number of amides is 2. The summed E-state index contributed by atoms with van der Waals surface area (Å²) >= 11 is 0. The second-order valence-corrected chi connectivity index (χ2v) is 4.22. The van der Waals surface area contributed by atoms with E-state index in [4.69, 9.17) is 5.73 Å². The van der Waals surface area contributed by atoms with Crippen LogP contribution in [-0.2, 0) is 0 Å². The van der Waals surface area contributed by atoms with Crippen LogP contribution in [0.4, 0.5) is 4.79 Å². The van der Waals surface area contributed by atoms with Crippen molar-refractivity contribution in [3.8, 4) is 11.1 Å². The largest absolute Gasteiger partial charge is 0.352 e. The van der Waals surface area contributed by atoms with Crippen molar-refractivity contribution in [1.82, 2.24) is 5.32 Å². The minimum atomic E-state index is -0.505. The molecule has 0 aliphatic carbocycles. The van der Waals surface area contributed by atoms with Gasteiger partial charge in [0.25, 0.3) is 0 Å². The van der Waals surface area contributed by atoms with Gasteiger partial charge in [-0.1, -0.05) is 54.6 Å². The van der Waals surface area contributed by atoms with Gasteiger partial charge in [-0.3, -0.25) is 0 Å². The molecule has 0 saturated carbocycles. The number of carbonyl (C=O) groups excluding carboxylic acids is 1. The number of hydrogen-bond donors (Lipinski definition) is 2. The summed E-state index contributed by atoms with van der Waals surface area (Å²) in [5, 5.41) is 2.66. The summed E-state index contributed by atoms with van der Waals surface area (Å²) in [5.74, 6) is 0. The maximum absolute atomic E-state index is 10.8. The average molecular weight is 240 g/mol. The molecule has 0 unspecified atom stereocenters. The SMILES string of the molecule is C[C@@H](NC(N)=O)c1ccc(-c2ccccc2)cc1. The van der Waals surface area contributed by atoms with Gasteiger partial charge < -0.3 is 11.1 Å². The molecule has 0 radical (unpaired) electrons. The predicted molar refractivity (Wildman–Crippen MR) is 73.0 cm³/mol. The number of urea groups is 1. The zero-order valence-corrected chi connectivity index (χ0v) is 10.3. The standard InChI is InChI=1S/C15H16N2O/c1-11(17-15(16)18)12-7-9-14(10-8-12)13-5-3-2-4-6-13/h2-11H,1H3,(H3,16,17,18)/t11-/m1/s1. The number of nitrogens with one attached hydrogen (secondary N) is 1. The first-order chi connectivity index (χ1) is 8.66. The molecule has 3 N–H and O–H groups in total. The molecule has 0 aliphatic rings. The average Bonchev–Trinajstić information content (AvgIpc) is 2.39. The van der Waals surface area contributed by atoms with Gasteiger partial charge in [0.15, 0.2) is 0 Å². The van der Waals surface area contributed by atoms with E-state index in [0.717, 1.165) is 11.1 Å². The number of hydrogen-bond acceptors (Lipinski definition) is 1. The topological polar surface area (TPSA) is 55.1 Å². The quantitative estimate of drug-likeness (QED) is 0.851. The zero-order chi connectivity index (χ0) is 13.0. The first-order valence-corrected chi connectivity index (χ1v) is 5.88. The summed E-state index contributed by atoms with van der Waals surface area (Å²) in [5.41, 5.74) is 8.48. The highest BCUT2D eigenvalue weighted by Gasteiger charge is 2.06. The van der Waals surface area contributed by atoms with Crippen LogP contribution in [0.2, 0.25) is 0 Å². The summed E-state index contributed by atoms with van der Waals surface area (Å²) in [7, 11) is 0. The molecule has 0 aliphatic heterocycles. The van der Waals surface area contributed by atoms with Crippen LogP contribution in [0.25, 0.3) is 11.1 Å². The highest BCUT2D eigenvalue weighted by Crippen LogP contribution is 2.21. The lowest BCUT2D eigenvalue weighted by Gasteiger charge is -2.13. The van der Waals surface area contributed by atoms with Gasteiger partial charge in [0.2, 0.25) is 0 Å². The summed E-state index contributed by atoms with van der Waals surface area (Å²) in [6.07, 6.45) is 0. The summed E-state index contributed by atoms with van der Waals surface area (Å²) in [4.78, 5) is 10.8. The molecule has 0 heterocycles. The second-order valence-electron chi connectivity index (χ2n) is 4.22. The van der Waals surface area contributed by atoms with E-state index in [-0.39, 0.29) is 6.04 Å². The number of rotatable bonds is 3. The van der Waals surface area contributed by atoms with E-state index in [9.17, 15) is 4.79 Å². The fraction of sp³-hybridized carbons (Fsp3) is 0.133. The molecule has 2 rings (SSSR count). The second kappa shape index (κ2) is 5.36. The van der Waals surface area contributed by atoms with Gasteiger partial charge in [-0.25, -0.2) is 4.79 Å². The Morgan fingerprint density at radius 2 is 1.56 bits per heavy atom. The molecule has 0 saturated heterocycles. The molecule has 18 heavy (non-hydrogen) atoms. The van der Waals surface area contributed by atoms with Crippen molar-refractivity contribution in [1.29, 1.82) is 0 Å². The fourth-order valence-electron chi connectivity index (χ4n) is 1.89. The van der Waals surface area contributed by atoms with Crippen molar-refractivity contribution >= 4 is 6.03 Å². The van der Waals surface area contributed by atoms with E-state index >= 15 is 0 Å². The van der Waals surface area contributed by atoms with Gasteiger partial charge >= 0.3 is 6.03 Å². The molecule has 0 bridgehead atoms. The lowest BCUT2D eigenvalue weighted by atomic mass is 10.0. The zero-order valence-electron chi connectivity index (χ0n) is 10.3. The van der Waals surface area contributed by atoms with Crippen LogP contribution >= 0.6 is 0 Å². The van der Waals surface area contributed by atoms with Gasteiger partial charge in [0.1, 0.15) is 0 Å². The molecular formula is C15H16N2O. The Morgan fingerprint density at radius 3 is 2.11 bits per heavy atom. The highest BCUT2D eigenvalue weighted by molar-refractivity contribution is 5.72. The predicted octanol–water partition coefficient (Wildman–Crippen LogP) is 3.08. The molecule has 2 aromatic rings. The van der Waals surface area contributed by atoms with Gasteiger partial charge in [-0.05, 0) is 23.6 Å². The van der Waals surface area contributed by atoms with Crippen LogP contribution in [0.5, 0.6) is 0 Å². The smallest absolute Gasteiger partial charge is 0.312 e. The minimum Gasteiger partial charge on any atom is -0.352 e. The molecular weight excluding hydrogens is 224 g/mol. The van der Waals surface area contributed by atoms with Crippen molar-refractivity contribution in [2.24, 2.45) is 5.73 Å². The van der Waals surface area contributed by atoms with E-state index in [2.05, 4.69) is 17.4 Å². The number of primary amides is 1. The molecule has 3 nitrogen and oxygen atoms in total. The summed E-state index contributed by atoms with van der Waals surface area (Å²) in [6.45, 7) is 1.91. The van der Waals surface area contributed by atoms with Crippen LogP contribution < -0.4 is 11.1 Å². The van der Waals surface area contributed by atoms with Gasteiger partial charge in [-0.2, -0.15) is 0 Å². The van der Waals surface area contributed by atoms with Crippen molar-refractivity contribution in [2.75, 3.05) is 0 Å². The molecule has 0 aromatic heterocycles. The third kappa shape index (κ3) is 2.88. The number of benzene rings is 2. The van der Waals surface area contributed by atoms with Crippen molar-refractivity contribution in [2.45, 2.75) is 13.0 Å². The Morgan fingerprint density at radius 1 is 1.00 bits per heavy atom. The molecule has 0 spiro atoms. The van der Waals surface area contributed by atoms with Crippen molar-refractivity contribution < 1.29 is 4.79 Å². The lowest BCUT2D eigenvalue weighted by molar-refractivity contribution is 0.246. The van der Waals surface area contributed by atoms with Crippen molar-refractivity contribution in [3.63, 3.8) is 0 Å². The van der Waals surface area contributed by atoms with Gasteiger partial charge in [0.05, 0.1) is 6.04 Å². The fourth-order valence-corrected chi connectivity index (χ4v) is 1.89. The number of carbonyl (C=O) groups is 1. The first-order valence-electron chi connectivity index (χ1n) is 5.88. The molecule has 0 fully saturated rings. The van der Waals surface area contributed by atoms with E-state index in [1.54, 1.807) is 0 Å². The molecule has 1 atom stereocenters. The first kappa shape index (κ1) is 12.2. The molecule has 2 amide bonds. The molecule has 2 aromatic carbocycles. The van der Waals surface area contributed by atoms with Crippen LogP contribution in [0.3, 0.4) is 0 Å². The van der Waals surface area contributed by atoms with Gasteiger partial charge in [-0.15, -0.1) is 0 Å². The van der Waals surface area contributed by atoms with Crippen LogP contribution in [0.1, 0.15) is 18.5 Å². The van der Waals surface area contributed by atoms with E-state index < -0.39 is 6.03 Å². The monoisotopic (exact) mass is 240 g/mol. The van der Waals surface area contributed by atoms with Crippen molar-refractivity contribution in [3.05, 3.63) is 60.2 Å². The van der Waals surface area contributed by atoms with Gasteiger partial charge in [0, 0.05) is 0 Å². The number of nitrogens with two attached hydrogens (primary N) is 1. The Kier molecular flexibility index (Phi) is 3.63. The summed E-state index contributed by atoms with van der Waals surface area (Å²) in [6, 6.07) is 17.7. The Labute approximate surface area is 107 Å². The third-order valence-electron chi connectivity index (χ3n) is 2.88. The summed E-state index contributed by atoms with van der Waals surface area (Å²) < 4.78 is 0. The molecule has 3 heteroatoms. The van der Waals surface area contributed by atoms with Crippen LogP contribution in [0.15, 0.2) is 54.6 Å².